The van der Waals surface area contributed by atoms with E-state index < -0.39 is 0 Å². The van der Waals surface area contributed by atoms with E-state index in [4.69, 9.17) is 0 Å². The number of hydrogen-bond donors (Lipinski definition) is 0. The third-order valence-corrected chi connectivity index (χ3v) is 6.89. The van der Waals surface area contributed by atoms with Gasteiger partial charge < -0.3 is 4.57 Å². The molecule has 0 aliphatic carbocycles. The van der Waals surface area contributed by atoms with Gasteiger partial charge in [0.05, 0.1) is 27.8 Å². The summed E-state index contributed by atoms with van der Waals surface area (Å²) in [6.45, 7) is 0. The number of carbonyl (C=O) groups excluding carboxylic acids is 2. The number of benzene rings is 3. The monoisotopic (exact) mass is 482 g/mol. The summed E-state index contributed by atoms with van der Waals surface area (Å²) in [7, 11) is 1.52. The lowest BCUT2D eigenvalue weighted by atomic mass is 10.0. The molecule has 0 bridgehead atoms. The molecule has 7 rings (SSSR count). The van der Waals surface area contributed by atoms with Gasteiger partial charge in [-0.2, -0.15) is 0 Å². The zero-order valence-electron chi connectivity index (χ0n) is 19.7. The summed E-state index contributed by atoms with van der Waals surface area (Å²) < 4.78 is 2.06. The molecule has 0 unspecified atom stereocenters. The van der Waals surface area contributed by atoms with Crippen LogP contribution in [0.3, 0.4) is 0 Å². The predicted octanol–water partition coefficient (Wildman–Crippen LogP) is 4.92. The lowest BCUT2D eigenvalue weighted by Gasteiger charge is -2.12. The average molecular weight is 483 g/mol. The molecule has 1 aliphatic rings. The summed E-state index contributed by atoms with van der Waals surface area (Å²) in [4.78, 5) is 43.7. The van der Waals surface area contributed by atoms with Gasteiger partial charge in [-0.25, -0.2) is 19.9 Å². The summed E-state index contributed by atoms with van der Waals surface area (Å²) in [5, 5.41) is 2.00. The van der Waals surface area contributed by atoms with Crippen molar-refractivity contribution in [2.75, 3.05) is 7.05 Å². The maximum Gasteiger partial charge on any atom is 0.263 e. The first-order valence-corrected chi connectivity index (χ1v) is 11.7. The second-order valence-electron chi connectivity index (χ2n) is 8.92. The van der Waals surface area contributed by atoms with Crippen LogP contribution in [0.2, 0.25) is 0 Å². The molecule has 0 radical (unpaired) electrons. The van der Waals surface area contributed by atoms with Crippen molar-refractivity contribution in [2.45, 2.75) is 0 Å². The Balaban J connectivity index is 1.56. The van der Waals surface area contributed by atoms with E-state index in [1.165, 1.54) is 24.6 Å². The molecular formula is C29H18N6O2. The van der Waals surface area contributed by atoms with Crippen molar-refractivity contribution < 1.29 is 9.59 Å². The number of amides is 2. The van der Waals surface area contributed by atoms with Crippen LogP contribution in [0.15, 0.2) is 92.0 Å². The highest BCUT2D eigenvalue weighted by atomic mass is 16.2. The molecule has 0 saturated carbocycles. The van der Waals surface area contributed by atoms with Crippen molar-refractivity contribution >= 4 is 33.6 Å². The number of fused-ring (bicyclic) bond motifs is 4. The fourth-order valence-corrected chi connectivity index (χ4v) is 5.11. The highest BCUT2D eigenvalue weighted by molar-refractivity contribution is 6.23. The van der Waals surface area contributed by atoms with Crippen LogP contribution in [-0.2, 0) is 0 Å². The van der Waals surface area contributed by atoms with Crippen molar-refractivity contribution in [3.05, 3.63) is 103 Å². The van der Waals surface area contributed by atoms with Crippen LogP contribution in [0.4, 0.5) is 0 Å². The van der Waals surface area contributed by atoms with Gasteiger partial charge in [-0.3, -0.25) is 14.5 Å². The molecule has 4 heterocycles. The number of aromatic nitrogens is 5. The lowest BCUT2D eigenvalue weighted by molar-refractivity contribution is 0.0693. The van der Waals surface area contributed by atoms with Gasteiger partial charge in [-0.15, -0.1) is 0 Å². The van der Waals surface area contributed by atoms with Crippen molar-refractivity contribution in [1.82, 2.24) is 29.4 Å². The fourth-order valence-electron chi connectivity index (χ4n) is 5.11. The first-order valence-electron chi connectivity index (χ1n) is 11.7. The molecular weight excluding hydrogens is 464 g/mol. The van der Waals surface area contributed by atoms with Gasteiger partial charge in [0.25, 0.3) is 11.8 Å². The van der Waals surface area contributed by atoms with Gasteiger partial charge in [-0.1, -0.05) is 18.2 Å². The predicted molar refractivity (Wildman–Crippen MR) is 139 cm³/mol. The Bertz CT molecular complexity index is 1780. The summed E-state index contributed by atoms with van der Waals surface area (Å²) >= 11 is 0. The number of nitrogens with zero attached hydrogens (tertiary/aromatic N) is 6. The Morgan fingerprint density at radius 3 is 1.70 bits per heavy atom. The average Bonchev–Trinajstić information content (AvgIpc) is 3.40. The Hall–Kier alpha value is -5.24. The highest BCUT2D eigenvalue weighted by Gasteiger charge is 2.35. The molecule has 8 heteroatoms. The Morgan fingerprint density at radius 2 is 1.16 bits per heavy atom. The smallest absolute Gasteiger partial charge is 0.263 e. The molecule has 0 fully saturated rings. The molecule has 37 heavy (non-hydrogen) atoms. The summed E-state index contributed by atoms with van der Waals surface area (Å²) in [6.07, 6.45) is 10.1. The molecule has 0 atom stereocenters. The van der Waals surface area contributed by atoms with Gasteiger partial charge in [0.1, 0.15) is 12.7 Å². The lowest BCUT2D eigenvalue weighted by Crippen LogP contribution is -2.24. The van der Waals surface area contributed by atoms with E-state index in [1.54, 1.807) is 30.9 Å². The molecule has 8 nitrogen and oxygen atoms in total. The molecule has 0 saturated heterocycles. The van der Waals surface area contributed by atoms with E-state index in [-0.39, 0.29) is 11.8 Å². The quantitative estimate of drug-likeness (QED) is 0.332. The van der Waals surface area contributed by atoms with E-state index in [2.05, 4.69) is 36.6 Å². The second kappa shape index (κ2) is 7.89. The Labute approximate surface area is 210 Å². The molecule has 6 aromatic rings. The second-order valence-corrected chi connectivity index (χ2v) is 8.92. The zero-order valence-corrected chi connectivity index (χ0v) is 19.7. The standard InChI is InChI=1S/C29H18N6O2/c1-34-28(36)21-3-2-4-26(27(21)29(34)37)35-24-7-5-17(19-11-30-15-31-12-19)9-22(24)23-10-18(6-8-25(23)35)20-13-32-16-33-14-20/h2-16H,1H3. The summed E-state index contributed by atoms with van der Waals surface area (Å²) in [5.74, 6) is -0.595. The minimum Gasteiger partial charge on any atom is -0.308 e. The van der Waals surface area contributed by atoms with Crippen LogP contribution in [0.25, 0.3) is 49.7 Å². The van der Waals surface area contributed by atoms with Crippen LogP contribution in [0.5, 0.6) is 0 Å². The van der Waals surface area contributed by atoms with E-state index in [1.807, 2.05) is 36.4 Å². The topological polar surface area (TPSA) is 93.9 Å². The third-order valence-electron chi connectivity index (χ3n) is 6.89. The SMILES string of the molecule is CN1C(=O)c2cccc(-n3c4ccc(-c5cncnc5)cc4c4cc(-c5cncnc5)ccc43)c2C1=O. The van der Waals surface area contributed by atoms with E-state index in [0.717, 1.165) is 44.1 Å². The van der Waals surface area contributed by atoms with E-state index in [9.17, 15) is 9.59 Å². The molecule has 1 aliphatic heterocycles. The normalized spacial score (nSPS) is 13.1. The van der Waals surface area contributed by atoms with Crippen LogP contribution >= 0.6 is 0 Å². The number of carbonyl (C=O) groups is 2. The summed E-state index contributed by atoms with van der Waals surface area (Å²) in [5.41, 5.74) is 7.09. The number of hydrogen-bond acceptors (Lipinski definition) is 6. The molecule has 2 amide bonds. The molecule has 3 aromatic carbocycles. The van der Waals surface area contributed by atoms with Gasteiger partial charge in [-0.05, 0) is 47.5 Å². The van der Waals surface area contributed by atoms with Crippen molar-refractivity contribution in [2.24, 2.45) is 0 Å². The maximum absolute atomic E-state index is 13.1. The number of rotatable bonds is 3. The third kappa shape index (κ3) is 3.09. The van der Waals surface area contributed by atoms with Crippen LogP contribution in [0, 0.1) is 0 Å². The zero-order chi connectivity index (χ0) is 25.1. The highest BCUT2D eigenvalue weighted by Crippen LogP contribution is 2.39. The molecule has 3 aromatic heterocycles. The van der Waals surface area contributed by atoms with E-state index >= 15 is 0 Å². The molecule has 176 valence electrons. The van der Waals surface area contributed by atoms with Crippen molar-refractivity contribution in [1.29, 1.82) is 0 Å². The first-order chi connectivity index (χ1) is 18.1. The summed E-state index contributed by atoms with van der Waals surface area (Å²) in [6, 6.07) is 17.7. The Kier molecular flexibility index (Phi) is 4.49. The minimum atomic E-state index is -0.304. The van der Waals surface area contributed by atoms with Crippen molar-refractivity contribution in [3.63, 3.8) is 0 Å². The maximum atomic E-state index is 13.1. The molecule has 0 N–H and O–H groups in total. The van der Waals surface area contributed by atoms with E-state index in [0.29, 0.717) is 16.8 Å². The fraction of sp³-hybridized carbons (Fsp3) is 0.0345. The van der Waals surface area contributed by atoms with Crippen molar-refractivity contribution in [3.8, 4) is 27.9 Å². The first kappa shape index (κ1) is 21.1. The number of imide groups is 1. The minimum absolute atomic E-state index is 0.291. The Morgan fingerprint density at radius 1 is 0.622 bits per heavy atom. The van der Waals surface area contributed by atoms with Crippen LogP contribution < -0.4 is 0 Å². The van der Waals surface area contributed by atoms with Gasteiger partial charge in [0, 0.05) is 53.7 Å². The van der Waals surface area contributed by atoms with Crippen LogP contribution in [0.1, 0.15) is 20.7 Å². The van der Waals surface area contributed by atoms with Gasteiger partial charge in [0.15, 0.2) is 0 Å². The van der Waals surface area contributed by atoms with Gasteiger partial charge >= 0.3 is 0 Å². The van der Waals surface area contributed by atoms with Crippen LogP contribution in [-0.4, -0.2) is 48.3 Å². The van der Waals surface area contributed by atoms with Gasteiger partial charge in [0.2, 0.25) is 0 Å². The largest absolute Gasteiger partial charge is 0.308 e. The molecule has 0 spiro atoms.